The number of ether oxygens (including phenoxy) is 1. The van der Waals surface area contributed by atoms with E-state index in [1.54, 1.807) is 6.20 Å². The molecule has 128 valence electrons. The van der Waals surface area contributed by atoms with Crippen LogP contribution in [0.5, 0.6) is 0 Å². The minimum atomic E-state index is -0.195. The van der Waals surface area contributed by atoms with E-state index < -0.39 is 0 Å². The fourth-order valence-corrected chi connectivity index (χ4v) is 2.79. The number of nitrogens with zero attached hydrogens (tertiary/aromatic N) is 1. The van der Waals surface area contributed by atoms with E-state index in [0.29, 0.717) is 12.3 Å². The highest BCUT2D eigenvalue weighted by Crippen LogP contribution is 2.35. The summed E-state index contributed by atoms with van der Waals surface area (Å²) in [6.45, 7) is 3.29. The van der Waals surface area contributed by atoms with Gasteiger partial charge in [-0.15, -0.1) is 0 Å². The number of fused-ring (bicyclic) bond motifs is 1. The van der Waals surface area contributed by atoms with Crippen molar-refractivity contribution in [3.8, 4) is 0 Å². The zero-order valence-electron chi connectivity index (χ0n) is 13.9. The van der Waals surface area contributed by atoms with Crippen LogP contribution in [0, 0.1) is 0 Å². The SMILES string of the molecule is CCCCOCC1C=C2CC(c3cccnc3CO)=CC=C2OO1. The fourth-order valence-electron chi connectivity index (χ4n) is 2.79. The van der Waals surface area contributed by atoms with Crippen molar-refractivity contribution in [1.29, 1.82) is 0 Å². The lowest BCUT2D eigenvalue weighted by atomic mass is 9.91. The van der Waals surface area contributed by atoms with E-state index in [1.807, 2.05) is 24.3 Å². The summed E-state index contributed by atoms with van der Waals surface area (Å²) >= 11 is 0. The largest absolute Gasteiger partial charge is 0.390 e. The van der Waals surface area contributed by atoms with Crippen molar-refractivity contribution in [2.75, 3.05) is 13.2 Å². The first-order valence-corrected chi connectivity index (χ1v) is 8.40. The van der Waals surface area contributed by atoms with Crippen LogP contribution in [0.3, 0.4) is 0 Å². The highest BCUT2D eigenvalue weighted by Gasteiger charge is 2.24. The molecule has 5 nitrogen and oxygen atoms in total. The van der Waals surface area contributed by atoms with Gasteiger partial charge in [-0.05, 0) is 30.2 Å². The number of pyridine rings is 1. The smallest absolute Gasteiger partial charge is 0.168 e. The molecule has 1 unspecified atom stereocenters. The van der Waals surface area contributed by atoms with Crippen molar-refractivity contribution in [2.45, 2.75) is 38.9 Å². The van der Waals surface area contributed by atoms with Crippen LogP contribution in [0.15, 0.2) is 47.9 Å². The summed E-state index contributed by atoms with van der Waals surface area (Å²) in [5.74, 6) is 0.734. The summed E-state index contributed by atoms with van der Waals surface area (Å²) in [6, 6.07) is 3.86. The summed E-state index contributed by atoms with van der Waals surface area (Å²) in [7, 11) is 0. The van der Waals surface area contributed by atoms with Crippen molar-refractivity contribution in [3.63, 3.8) is 0 Å². The van der Waals surface area contributed by atoms with Crippen LogP contribution < -0.4 is 0 Å². The molecule has 0 bridgehead atoms. The average Bonchev–Trinajstić information content (AvgIpc) is 2.64. The Kier molecular flexibility index (Phi) is 5.80. The summed E-state index contributed by atoms with van der Waals surface area (Å²) in [5.41, 5.74) is 3.85. The normalized spacial score (nSPS) is 19.8. The molecule has 1 atom stereocenters. The number of hydrogen-bond acceptors (Lipinski definition) is 5. The molecular weight excluding hydrogens is 306 g/mol. The molecule has 3 rings (SSSR count). The molecule has 1 aromatic heterocycles. The molecule has 1 aliphatic carbocycles. The minimum Gasteiger partial charge on any atom is -0.390 e. The number of rotatable bonds is 7. The zero-order chi connectivity index (χ0) is 16.8. The monoisotopic (exact) mass is 329 g/mol. The first-order chi connectivity index (χ1) is 11.8. The van der Waals surface area contributed by atoms with Gasteiger partial charge in [0.15, 0.2) is 5.76 Å². The Bertz CT molecular complexity index is 663. The van der Waals surface area contributed by atoms with Gasteiger partial charge in [-0.25, -0.2) is 0 Å². The van der Waals surface area contributed by atoms with E-state index in [2.05, 4.69) is 18.0 Å². The predicted molar refractivity (Wildman–Crippen MR) is 90.6 cm³/mol. The standard InChI is InChI=1S/C19H23NO4/c1-2-3-9-22-13-16-11-15-10-14(6-7-19(15)24-23-16)17-5-4-8-20-18(17)12-21/h4-8,11,16,21H,2-3,9-10,12-13H2,1H3. The Labute approximate surface area is 142 Å². The van der Waals surface area contributed by atoms with Gasteiger partial charge < -0.3 is 14.7 Å². The lowest BCUT2D eigenvalue weighted by Gasteiger charge is -2.26. The molecule has 24 heavy (non-hydrogen) atoms. The van der Waals surface area contributed by atoms with Crippen LogP contribution in [-0.4, -0.2) is 29.4 Å². The Morgan fingerprint density at radius 3 is 3.08 bits per heavy atom. The maximum absolute atomic E-state index is 9.48. The molecule has 0 saturated carbocycles. The predicted octanol–water partition coefficient (Wildman–Crippen LogP) is 3.32. The highest BCUT2D eigenvalue weighted by molar-refractivity contribution is 5.73. The first-order valence-electron chi connectivity index (χ1n) is 8.40. The molecule has 0 aromatic carbocycles. The van der Waals surface area contributed by atoms with Crippen LogP contribution in [-0.2, 0) is 21.1 Å². The lowest BCUT2D eigenvalue weighted by Crippen LogP contribution is -2.24. The van der Waals surface area contributed by atoms with E-state index in [9.17, 15) is 5.11 Å². The van der Waals surface area contributed by atoms with Gasteiger partial charge in [-0.2, -0.15) is 4.89 Å². The van der Waals surface area contributed by atoms with Gasteiger partial charge in [-0.1, -0.05) is 25.5 Å². The van der Waals surface area contributed by atoms with E-state index in [-0.39, 0.29) is 12.7 Å². The molecule has 5 heteroatoms. The van der Waals surface area contributed by atoms with E-state index in [4.69, 9.17) is 14.5 Å². The molecule has 0 spiro atoms. The average molecular weight is 329 g/mol. The maximum Gasteiger partial charge on any atom is 0.168 e. The van der Waals surface area contributed by atoms with Crippen LogP contribution in [0.1, 0.15) is 37.4 Å². The molecule has 1 N–H and O–H groups in total. The summed E-state index contributed by atoms with van der Waals surface area (Å²) in [4.78, 5) is 15.0. The van der Waals surface area contributed by atoms with Crippen LogP contribution >= 0.6 is 0 Å². The molecule has 0 amide bonds. The van der Waals surface area contributed by atoms with Gasteiger partial charge in [0.1, 0.15) is 6.10 Å². The first kappa shape index (κ1) is 16.9. The third-order valence-corrected chi connectivity index (χ3v) is 4.09. The Morgan fingerprint density at radius 2 is 2.25 bits per heavy atom. The lowest BCUT2D eigenvalue weighted by molar-refractivity contribution is -0.294. The second-order valence-corrected chi connectivity index (χ2v) is 5.89. The molecular formula is C19H23NO4. The van der Waals surface area contributed by atoms with E-state index in [1.165, 1.54) is 0 Å². The number of unbranched alkanes of at least 4 members (excludes halogenated alkanes) is 1. The van der Waals surface area contributed by atoms with E-state index in [0.717, 1.165) is 48.3 Å². The van der Waals surface area contributed by atoms with Gasteiger partial charge in [0.05, 0.1) is 18.9 Å². The van der Waals surface area contributed by atoms with Crippen molar-refractivity contribution in [2.24, 2.45) is 0 Å². The van der Waals surface area contributed by atoms with Gasteiger partial charge >= 0.3 is 0 Å². The maximum atomic E-state index is 9.48. The molecule has 0 radical (unpaired) electrons. The molecule has 1 aliphatic heterocycles. The van der Waals surface area contributed by atoms with E-state index >= 15 is 0 Å². The van der Waals surface area contributed by atoms with Crippen molar-refractivity contribution < 1.29 is 19.6 Å². The number of hydrogen-bond donors (Lipinski definition) is 1. The van der Waals surface area contributed by atoms with Gasteiger partial charge in [0, 0.05) is 30.4 Å². The molecule has 2 aliphatic rings. The molecule has 0 fully saturated rings. The minimum absolute atomic E-state index is 0.0728. The Morgan fingerprint density at radius 1 is 1.33 bits per heavy atom. The second kappa shape index (κ2) is 8.24. The Balaban J connectivity index is 1.71. The zero-order valence-corrected chi connectivity index (χ0v) is 13.9. The van der Waals surface area contributed by atoms with Crippen molar-refractivity contribution in [1.82, 2.24) is 4.98 Å². The van der Waals surface area contributed by atoms with Crippen LogP contribution in [0.2, 0.25) is 0 Å². The van der Waals surface area contributed by atoms with Crippen LogP contribution in [0.4, 0.5) is 0 Å². The van der Waals surface area contributed by atoms with Crippen LogP contribution in [0.25, 0.3) is 5.57 Å². The van der Waals surface area contributed by atoms with Crippen molar-refractivity contribution in [3.05, 3.63) is 59.1 Å². The summed E-state index contributed by atoms with van der Waals surface area (Å²) in [5, 5.41) is 9.48. The number of allylic oxidation sites excluding steroid dienone is 4. The topological polar surface area (TPSA) is 60.8 Å². The second-order valence-electron chi connectivity index (χ2n) is 5.89. The fraction of sp³-hybridized carbons (Fsp3) is 0.421. The summed E-state index contributed by atoms with van der Waals surface area (Å²) < 4.78 is 5.61. The van der Waals surface area contributed by atoms with Crippen molar-refractivity contribution >= 4 is 5.57 Å². The summed E-state index contributed by atoms with van der Waals surface area (Å²) in [6.07, 6.45) is 10.3. The number of aliphatic hydroxyl groups excluding tert-OH is 1. The van der Waals surface area contributed by atoms with Gasteiger partial charge in [-0.3, -0.25) is 4.98 Å². The molecule has 0 saturated heterocycles. The molecule has 1 aromatic rings. The highest BCUT2D eigenvalue weighted by atomic mass is 17.2. The third-order valence-electron chi connectivity index (χ3n) is 4.09. The van der Waals surface area contributed by atoms with Gasteiger partial charge in [0.25, 0.3) is 0 Å². The van der Waals surface area contributed by atoms with Gasteiger partial charge in [0.2, 0.25) is 0 Å². The number of aromatic nitrogens is 1. The third kappa shape index (κ3) is 3.93. The number of aliphatic hydroxyl groups is 1. The molecule has 2 heterocycles. The Hall–Kier alpha value is -1.95. The quantitative estimate of drug-likeness (QED) is 0.614.